The van der Waals surface area contributed by atoms with Gasteiger partial charge in [-0.3, -0.25) is 4.79 Å². The van der Waals surface area contributed by atoms with Crippen LogP contribution >= 0.6 is 15.9 Å². The molecule has 110 valence electrons. The standard InChI is InChI=1S/C16H21BrFNO/c1-11-2-4-12(5-3-11)8-9-19-16(20)14-7-6-13(17)10-15(14)18/h6-7,10-12H,2-5,8-9H2,1H3,(H,19,20). The Hall–Kier alpha value is -0.900. The molecule has 0 spiro atoms. The highest BCUT2D eigenvalue weighted by molar-refractivity contribution is 9.10. The first kappa shape index (κ1) is 15.5. The summed E-state index contributed by atoms with van der Waals surface area (Å²) in [6.45, 7) is 2.93. The molecule has 1 aliphatic carbocycles. The molecule has 0 heterocycles. The van der Waals surface area contributed by atoms with Crippen molar-refractivity contribution < 1.29 is 9.18 Å². The van der Waals surface area contributed by atoms with E-state index in [9.17, 15) is 9.18 Å². The first-order valence-electron chi connectivity index (χ1n) is 7.29. The van der Waals surface area contributed by atoms with E-state index < -0.39 is 5.82 Å². The number of halogens is 2. The fraction of sp³-hybridized carbons (Fsp3) is 0.562. The van der Waals surface area contributed by atoms with Crippen molar-refractivity contribution >= 4 is 21.8 Å². The van der Waals surface area contributed by atoms with E-state index in [1.54, 1.807) is 6.07 Å². The molecule has 1 fully saturated rings. The van der Waals surface area contributed by atoms with Crippen LogP contribution in [-0.2, 0) is 0 Å². The average Bonchev–Trinajstić information content (AvgIpc) is 2.41. The summed E-state index contributed by atoms with van der Waals surface area (Å²) in [5.41, 5.74) is 0.116. The van der Waals surface area contributed by atoms with Gasteiger partial charge in [-0.2, -0.15) is 0 Å². The van der Waals surface area contributed by atoms with Gasteiger partial charge in [0.15, 0.2) is 0 Å². The van der Waals surface area contributed by atoms with Crippen molar-refractivity contribution in [1.82, 2.24) is 5.32 Å². The van der Waals surface area contributed by atoms with E-state index in [2.05, 4.69) is 28.2 Å². The zero-order valence-electron chi connectivity index (χ0n) is 11.8. The monoisotopic (exact) mass is 341 g/mol. The maximum Gasteiger partial charge on any atom is 0.254 e. The minimum Gasteiger partial charge on any atom is -0.352 e. The predicted molar refractivity (Wildman–Crippen MR) is 82.2 cm³/mol. The van der Waals surface area contributed by atoms with Crippen molar-refractivity contribution in [2.45, 2.75) is 39.0 Å². The van der Waals surface area contributed by atoms with Gasteiger partial charge >= 0.3 is 0 Å². The minimum atomic E-state index is -0.483. The van der Waals surface area contributed by atoms with Gasteiger partial charge in [0.2, 0.25) is 0 Å². The number of hydrogen-bond donors (Lipinski definition) is 1. The van der Waals surface area contributed by atoms with Gasteiger partial charge in [-0.1, -0.05) is 48.5 Å². The van der Waals surface area contributed by atoms with E-state index in [1.807, 2.05) is 0 Å². The van der Waals surface area contributed by atoms with Gasteiger partial charge in [-0.05, 0) is 36.5 Å². The van der Waals surface area contributed by atoms with Crippen molar-refractivity contribution in [3.8, 4) is 0 Å². The lowest BCUT2D eigenvalue weighted by Crippen LogP contribution is -2.27. The van der Waals surface area contributed by atoms with Crippen LogP contribution in [0.3, 0.4) is 0 Å². The molecule has 1 aromatic rings. The van der Waals surface area contributed by atoms with Gasteiger partial charge in [0, 0.05) is 11.0 Å². The molecule has 0 radical (unpaired) electrons. The maximum absolute atomic E-state index is 13.6. The van der Waals surface area contributed by atoms with Crippen LogP contribution in [0, 0.1) is 17.7 Å². The Bertz CT molecular complexity index is 470. The van der Waals surface area contributed by atoms with Gasteiger partial charge in [-0.15, -0.1) is 0 Å². The van der Waals surface area contributed by atoms with Crippen LogP contribution in [0.5, 0.6) is 0 Å². The number of amides is 1. The molecule has 0 saturated heterocycles. The summed E-state index contributed by atoms with van der Waals surface area (Å²) >= 11 is 3.18. The second-order valence-corrected chi connectivity index (χ2v) is 6.71. The highest BCUT2D eigenvalue weighted by atomic mass is 79.9. The number of hydrogen-bond acceptors (Lipinski definition) is 1. The first-order valence-corrected chi connectivity index (χ1v) is 8.09. The second kappa shape index (κ2) is 7.21. The van der Waals surface area contributed by atoms with E-state index in [0.717, 1.165) is 12.3 Å². The first-order chi connectivity index (χ1) is 9.56. The van der Waals surface area contributed by atoms with E-state index in [4.69, 9.17) is 0 Å². The summed E-state index contributed by atoms with van der Waals surface area (Å²) in [5, 5.41) is 2.82. The van der Waals surface area contributed by atoms with Crippen LogP contribution in [0.4, 0.5) is 4.39 Å². The Balaban J connectivity index is 1.77. The van der Waals surface area contributed by atoms with E-state index in [0.29, 0.717) is 16.9 Å². The molecule has 2 rings (SSSR count). The number of nitrogens with one attached hydrogen (secondary N) is 1. The molecule has 1 saturated carbocycles. The van der Waals surface area contributed by atoms with Crippen LogP contribution in [0.15, 0.2) is 22.7 Å². The summed E-state index contributed by atoms with van der Waals surface area (Å²) in [4.78, 5) is 11.9. The number of carbonyl (C=O) groups is 1. The third kappa shape index (κ3) is 4.30. The van der Waals surface area contributed by atoms with Gasteiger partial charge in [0.05, 0.1) is 5.56 Å². The lowest BCUT2D eigenvalue weighted by atomic mass is 9.81. The molecule has 0 aromatic heterocycles. The molecule has 0 atom stereocenters. The quantitative estimate of drug-likeness (QED) is 0.856. The van der Waals surface area contributed by atoms with Gasteiger partial charge < -0.3 is 5.32 Å². The third-order valence-electron chi connectivity index (χ3n) is 4.15. The Labute approximate surface area is 128 Å². The van der Waals surface area contributed by atoms with E-state index in [1.165, 1.54) is 37.8 Å². The fourth-order valence-electron chi connectivity index (χ4n) is 2.78. The zero-order valence-corrected chi connectivity index (χ0v) is 13.4. The Morgan fingerprint density at radius 3 is 2.70 bits per heavy atom. The van der Waals surface area contributed by atoms with E-state index >= 15 is 0 Å². The molecule has 1 aromatic carbocycles. The van der Waals surface area contributed by atoms with Crippen LogP contribution in [-0.4, -0.2) is 12.5 Å². The molecular formula is C16H21BrFNO. The maximum atomic E-state index is 13.6. The van der Waals surface area contributed by atoms with Crippen molar-refractivity contribution in [1.29, 1.82) is 0 Å². The number of benzene rings is 1. The molecule has 1 amide bonds. The lowest BCUT2D eigenvalue weighted by Gasteiger charge is -2.26. The highest BCUT2D eigenvalue weighted by Gasteiger charge is 2.18. The van der Waals surface area contributed by atoms with Crippen LogP contribution < -0.4 is 5.32 Å². The Kier molecular flexibility index (Phi) is 5.58. The molecule has 20 heavy (non-hydrogen) atoms. The molecule has 2 nitrogen and oxygen atoms in total. The van der Waals surface area contributed by atoms with Crippen LogP contribution in [0.2, 0.25) is 0 Å². The molecule has 0 unspecified atom stereocenters. The van der Waals surface area contributed by atoms with Crippen LogP contribution in [0.1, 0.15) is 49.4 Å². The van der Waals surface area contributed by atoms with Crippen LogP contribution in [0.25, 0.3) is 0 Å². The molecule has 0 aliphatic heterocycles. The van der Waals surface area contributed by atoms with Gasteiger partial charge in [0.25, 0.3) is 5.91 Å². The molecule has 1 N–H and O–H groups in total. The summed E-state index contributed by atoms with van der Waals surface area (Å²) in [7, 11) is 0. The van der Waals surface area contributed by atoms with Gasteiger partial charge in [-0.25, -0.2) is 4.39 Å². The second-order valence-electron chi connectivity index (χ2n) is 5.79. The topological polar surface area (TPSA) is 29.1 Å². The summed E-state index contributed by atoms with van der Waals surface area (Å²) in [5.74, 6) is 0.751. The normalized spacial score (nSPS) is 22.6. The SMILES string of the molecule is CC1CCC(CCNC(=O)c2ccc(Br)cc2F)CC1. The van der Waals surface area contributed by atoms with E-state index in [-0.39, 0.29) is 11.5 Å². The minimum absolute atomic E-state index is 0.116. The Morgan fingerprint density at radius 1 is 1.35 bits per heavy atom. The molecule has 1 aliphatic rings. The summed E-state index contributed by atoms with van der Waals surface area (Å²) in [6.07, 6.45) is 6.09. The van der Waals surface area contributed by atoms with Crippen molar-refractivity contribution in [3.05, 3.63) is 34.1 Å². The highest BCUT2D eigenvalue weighted by Crippen LogP contribution is 2.29. The fourth-order valence-corrected chi connectivity index (χ4v) is 3.11. The largest absolute Gasteiger partial charge is 0.352 e. The smallest absolute Gasteiger partial charge is 0.254 e. The summed E-state index contributed by atoms with van der Waals surface area (Å²) < 4.78 is 14.3. The molecule has 4 heteroatoms. The summed E-state index contributed by atoms with van der Waals surface area (Å²) in [6, 6.07) is 4.51. The lowest BCUT2D eigenvalue weighted by molar-refractivity contribution is 0.0945. The Morgan fingerprint density at radius 2 is 2.05 bits per heavy atom. The van der Waals surface area contributed by atoms with Crippen molar-refractivity contribution in [2.24, 2.45) is 11.8 Å². The predicted octanol–water partition coefficient (Wildman–Crippen LogP) is 4.53. The van der Waals surface area contributed by atoms with Crippen molar-refractivity contribution in [2.75, 3.05) is 6.54 Å². The third-order valence-corrected chi connectivity index (χ3v) is 4.64. The number of carbonyl (C=O) groups excluding carboxylic acids is 1. The zero-order chi connectivity index (χ0) is 14.5. The number of rotatable bonds is 4. The average molecular weight is 342 g/mol. The van der Waals surface area contributed by atoms with Gasteiger partial charge in [0.1, 0.15) is 5.82 Å². The molecular weight excluding hydrogens is 321 g/mol. The van der Waals surface area contributed by atoms with Crippen molar-refractivity contribution in [3.63, 3.8) is 0 Å². The molecule has 0 bridgehead atoms.